The molecule has 61 heavy (non-hydrogen) atoms. The second-order valence-electron chi connectivity index (χ2n) is 16.1. The quantitative estimate of drug-likeness (QED) is 0.183. The van der Waals surface area contributed by atoms with Gasteiger partial charge in [-0.05, 0) is 123 Å². The molecule has 9 aromatic rings. The molecule has 0 saturated carbocycles. The van der Waals surface area contributed by atoms with Crippen molar-refractivity contribution in [2.45, 2.75) is 19.3 Å². The zero-order chi connectivity index (χ0) is 40.3. The first kappa shape index (κ1) is 35.2. The maximum atomic E-state index is 5.60. The van der Waals surface area contributed by atoms with E-state index in [-0.39, 0.29) is 0 Å². The summed E-state index contributed by atoms with van der Waals surface area (Å²) in [5, 5.41) is 2.41. The number of aromatic amines is 2. The Bertz CT molecular complexity index is 3380. The topological polar surface area (TPSA) is 57.4 Å². The smallest absolute Gasteiger partial charge is 0.0737 e. The molecule has 6 aromatic carbocycles. The summed E-state index contributed by atoms with van der Waals surface area (Å²) in [6, 6.07) is 61.1. The van der Waals surface area contributed by atoms with Crippen molar-refractivity contribution in [2.24, 2.45) is 0 Å². The molecule has 0 saturated heterocycles. The van der Waals surface area contributed by atoms with Crippen LogP contribution < -0.4 is 0 Å². The van der Waals surface area contributed by atoms with Gasteiger partial charge in [0.05, 0.1) is 22.8 Å². The first-order valence-corrected chi connectivity index (χ1v) is 21.2. The minimum Gasteiger partial charge on any atom is -0.354 e. The van der Waals surface area contributed by atoms with Crippen molar-refractivity contribution < 1.29 is 0 Å². The summed E-state index contributed by atoms with van der Waals surface area (Å²) in [6.07, 6.45) is 12.2. The van der Waals surface area contributed by atoms with Gasteiger partial charge in [-0.15, -0.1) is 0 Å². The summed E-state index contributed by atoms with van der Waals surface area (Å²) < 4.78 is 0. The molecule has 2 N–H and O–H groups in total. The van der Waals surface area contributed by atoms with Gasteiger partial charge in [0.1, 0.15) is 0 Å². The number of hydrogen-bond donors (Lipinski definition) is 2. The maximum Gasteiger partial charge on any atom is 0.0737 e. The zero-order valence-corrected chi connectivity index (χ0v) is 33.5. The van der Waals surface area contributed by atoms with Gasteiger partial charge in [0.25, 0.3) is 0 Å². The highest BCUT2D eigenvalue weighted by molar-refractivity contribution is 6.10. The van der Waals surface area contributed by atoms with Crippen LogP contribution in [0.15, 0.2) is 170 Å². The van der Waals surface area contributed by atoms with E-state index in [9.17, 15) is 0 Å². The Kier molecular flexibility index (Phi) is 8.34. The summed E-state index contributed by atoms with van der Waals surface area (Å²) in [5.41, 5.74) is 21.6. The van der Waals surface area contributed by atoms with Crippen LogP contribution in [0.3, 0.4) is 0 Å². The number of aryl methyl sites for hydroxylation is 2. The fourth-order valence-electron chi connectivity index (χ4n) is 9.74. The molecule has 3 aliphatic rings. The average Bonchev–Trinajstić information content (AvgIpc) is 4.18. The number of nitrogens with zero attached hydrogens (tertiary/aromatic N) is 2. The number of hydrogen-bond acceptors (Lipinski definition) is 2. The van der Waals surface area contributed by atoms with Crippen molar-refractivity contribution in [2.75, 3.05) is 0 Å². The summed E-state index contributed by atoms with van der Waals surface area (Å²) >= 11 is 0. The van der Waals surface area contributed by atoms with E-state index in [4.69, 9.17) is 9.97 Å². The molecule has 0 amide bonds. The molecule has 0 radical (unpaired) electrons. The lowest BCUT2D eigenvalue weighted by molar-refractivity contribution is 0.912. The van der Waals surface area contributed by atoms with E-state index in [1.54, 1.807) is 0 Å². The molecule has 12 rings (SSSR count). The van der Waals surface area contributed by atoms with Crippen molar-refractivity contribution in [1.82, 2.24) is 19.9 Å². The van der Waals surface area contributed by atoms with Gasteiger partial charge in [0.15, 0.2) is 0 Å². The second-order valence-corrected chi connectivity index (χ2v) is 16.1. The zero-order valence-electron chi connectivity index (χ0n) is 33.5. The summed E-state index contributed by atoms with van der Waals surface area (Å²) in [4.78, 5) is 18.9. The number of fused-ring (bicyclic) bond motifs is 10. The Balaban J connectivity index is 1.24. The van der Waals surface area contributed by atoms with Gasteiger partial charge in [-0.1, -0.05) is 146 Å². The van der Waals surface area contributed by atoms with Crippen LogP contribution in [0.25, 0.3) is 113 Å². The molecule has 1 aliphatic carbocycles. The molecular formula is C57H40N4. The van der Waals surface area contributed by atoms with Crippen LogP contribution in [0.1, 0.15) is 40.3 Å². The molecule has 0 fully saturated rings. The van der Waals surface area contributed by atoms with Crippen molar-refractivity contribution >= 4 is 57.1 Å². The van der Waals surface area contributed by atoms with Gasteiger partial charge in [-0.25, -0.2) is 9.97 Å². The first-order chi connectivity index (χ1) is 30.2. The Morgan fingerprint density at radius 3 is 1.30 bits per heavy atom. The van der Waals surface area contributed by atoms with Gasteiger partial charge in [0.2, 0.25) is 0 Å². The summed E-state index contributed by atoms with van der Waals surface area (Å²) in [5.74, 6) is 0. The van der Waals surface area contributed by atoms with Gasteiger partial charge < -0.3 is 9.97 Å². The number of rotatable bonds is 5. The molecule has 2 aliphatic heterocycles. The fraction of sp³-hybridized carbons (Fsp3) is 0.0526. The minimum absolute atomic E-state index is 0.900. The Labute approximate surface area is 354 Å². The van der Waals surface area contributed by atoms with Crippen LogP contribution in [0.2, 0.25) is 0 Å². The number of aromatic nitrogens is 4. The average molecular weight is 781 g/mol. The normalized spacial score (nSPS) is 12.9. The minimum atomic E-state index is 0.900. The lowest BCUT2D eigenvalue weighted by Gasteiger charge is -2.14. The molecule has 4 heteroatoms. The lowest BCUT2D eigenvalue weighted by Crippen LogP contribution is -1.92. The van der Waals surface area contributed by atoms with Crippen LogP contribution >= 0.6 is 0 Å². The van der Waals surface area contributed by atoms with Gasteiger partial charge in [-0.2, -0.15) is 0 Å². The molecule has 288 valence electrons. The first-order valence-electron chi connectivity index (χ1n) is 21.2. The molecule has 4 nitrogen and oxygen atoms in total. The maximum absolute atomic E-state index is 5.60. The Morgan fingerprint density at radius 2 is 0.787 bits per heavy atom. The number of benzene rings is 6. The largest absolute Gasteiger partial charge is 0.354 e. The third-order valence-electron chi connectivity index (χ3n) is 12.5. The third-order valence-corrected chi connectivity index (χ3v) is 12.5. The second kappa shape index (κ2) is 14.5. The van der Waals surface area contributed by atoms with Crippen molar-refractivity contribution in [3.63, 3.8) is 0 Å². The van der Waals surface area contributed by atoms with Crippen molar-refractivity contribution in [1.29, 1.82) is 0 Å². The predicted octanol–water partition coefficient (Wildman–Crippen LogP) is 14.6. The summed E-state index contributed by atoms with van der Waals surface area (Å²) in [7, 11) is 0. The monoisotopic (exact) mass is 780 g/mol. The highest BCUT2D eigenvalue weighted by Gasteiger charge is 2.21. The Morgan fingerprint density at radius 1 is 0.344 bits per heavy atom. The van der Waals surface area contributed by atoms with E-state index < -0.39 is 0 Å². The molecule has 3 aromatic heterocycles. The summed E-state index contributed by atoms with van der Waals surface area (Å²) in [6.45, 7) is 0. The van der Waals surface area contributed by atoms with Crippen LogP contribution in [0.4, 0.5) is 0 Å². The molecule has 8 bridgehead atoms. The van der Waals surface area contributed by atoms with E-state index in [0.29, 0.717) is 0 Å². The number of nitrogens with one attached hydrogen (secondary N) is 2. The van der Waals surface area contributed by atoms with Crippen LogP contribution in [-0.4, -0.2) is 19.9 Å². The van der Waals surface area contributed by atoms with E-state index >= 15 is 0 Å². The molecule has 0 unspecified atom stereocenters. The van der Waals surface area contributed by atoms with Gasteiger partial charge in [0, 0.05) is 44.3 Å². The molecule has 0 atom stereocenters. The van der Waals surface area contributed by atoms with Crippen LogP contribution in [0, 0.1) is 0 Å². The van der Waals surface area contributed by atoms with Gasteiger partial charge in [-0.3, -0.25) is 0 Å². The lowest BCUT2D eigenvalue weighted by atomic mass is 9.90. The molecule has 0 spiro atoms. The third kappa shape index (κ3) is 6.07. The SMILES string of the molecule is C1=Cc2nc1c(-c1ccccc1)c1ccc([nH]1)c(-c1ccccc1)c1nc(c(-c3cccc4cccc(-c5ccc6c(c5)CCC6)c34)c3ccc([nH]3)c2-c2ccccc2)C=C1. The molecular weight excluding hydrogens is 741 g/mol. The van der Waals surface area contributed by atoms with Crippen LogP contribution in [-0.2, 0) is 12.8 Å². The van der Waals surface area contributed by atoms with Gasteiger partial charge >= 0.3 is 0 Å². The Hall–Kier alpha value is -7.82. The van der Waals surface area contributed by atoms with Crippen LogP contribution in [0.5, 0.6) is 0 Å². The van der Waals surface area contributed by atoms with Crippen molar-refractivity contribution in [3.05, 3.63) is 204 Å². The molecule has 5 heterocycles. The number of H-pyrrole nitrogens is 2. The fourth-order valence-corrected chi connectivity index (χ4v) is 9.74. The van der Waals surface area contributed by atoms with Crippen molar-refractivity contribution in [3.8, 4) is 55.6 Å². The van der Waals surface area contributed by atoms with E-state index in [2.05, 4.69) is 204 Å². The highest BCUT2D eigenvalue weighted by Crippen LogP contribution is 2.43. The standard InChI is InChI=1S/C57H40N4/c1-4-13-38(14-5-1)54-45-27-29-47(58-45)55(39-15-6-2-7-16-39)49-31-33-51(60-49)57(52-34-32-50(61-52)56(40-17-8-3-9-18-40)48-30-28-46(54)59-48)44-24-12-21-37-20-11-23-43(53(37)44)42-26-25-36-19-10-22-41(36)35-42/h1-9,11-18,20-21,23-35,58,61H,10,19,22H2. The highest BCUT2D eigenvalue weighted by atomic mass is 14.8. The van der Waals surface area contributed by atoms with E-state index in [1.165, 1.54) is 39.4 Å². The van der Waals surface area contributed by atoms with E-state index in [0.717, 1.165) is 102 Å². The predicted molar refractivity (Wildman–Crippen MR) is 256 cm³/mol. The van der Waals surface area contributed by atoms with E-state index in [1.807, 2.05) is 0 Å².